The van der Waals surface area contributed by atoms with Crippen LogP contribution < -0.4 is 0 Å². The number of ketones is 1. The molecule has 0 atom stereocenters. The van der Waals surface area contributed by atoms with E-state index in [0.29, 0.717) is 6.42 Å². The van der Waals surface area contributed by atoms with Crippen LogP contribution in [0.3, 0.4) is 0 Å². The van der Waals surface area contributed by atoms with Gasteiger partial charge in [0.05, 0.1) is 5.69 Å². The van der Waals surface area contributed by atoms with Crippen LogP contribution in [0, 0.1) is 0 Å². The average Bonchev–Trinajstić information content (AvgIpc) is 2.40. The number of fused-ring (bicyclic) bond motifs is 1. The molecule has 0 aliphatic heterocycles. The first kappa shape index (κ1) is 10.2. The lowest BCUT2D eigenvalue weighted by Crippen LogP contribution is -2.12. The first-order valence-corrected chi connectivity index (χ1v) is 5.92. The molecule has 3 rings (SSSR count). The summed E-state index contributed by atoms with van der Waals surface area (Å²) in [7, 11) is 0. The van der Waals surface area contributed by atoms with E-state index in [0.717, 1.165) is 35.2 Å². The van der Waals surface area contributed by atoms with E-state index in [-0.39, 0.29) is 5.78 Å². The number of carbonyl (C=O) groups is 1. The van der Waals surface area contributed by atoms with Crippen molar-refractivity contribution in [3.05, 3.63) is 53.9 Å². The van der Waals surface area contributed by atoms with Crippen LogP contribution in [0.25, 0.3) is 11.1 Å². The van der Waals surface area contributed by atoms with Crippen LogP contribution in [-0.4, -0.2) is 10.8 Å². The fourth-order valence-electron chi connectivity index (χ4n) is 2.27. The van der Waals surface area contributed by atoms with E-state index < -0.39 is 0 Å². The minimum absolute atomic E-state index is 0.233. The van der Waals surface area contributed by atoms with Crippen LogP contribution >= 0.6 is 0 Å². The summed E-state index contributed by atoms with van der Waals surface area (Å²) in [5, 5.41) is 0. The Hall–Kier alpha value is -1.96. The van der Waals surface area contributed by atoms with E-state index in [9.17, 15) is 4.79 Å². The minimum atomic E-state index is 0.233. The van der Waals surface area contributed by atoms with Crippen molar-refractivity contribution in [1.82, 2.24) is 4.98 Å². The van der Waals surface area contributed by atoms with Gasteiger partial charge in [-0.25, -0.2) is 0 Å². The van der Waals surface area contributed by atoms with E-state index in [1.54, 1.807) is 0 Å². The fraction of sp³-hybridized carbons (Fsp3) is 0.200. The molecule has 1 aromatic carbocycles. The zero-order valence-corrected chi connectivity index (χ0v) is 9.52. The first-order valence-electron chi connectivity index (χ1n) is 5.92. The molecule has 0 saturated heterocycles. The van der Waals surface area contributed by atoms with E-state index >= 15 is 0 Å². The zero-order valence-electron chi connectivity index (χ0n) is 9.52. The molecule has 2 heteroatoms. The van der Waals surface area contributed by atoms with Crippen LogP contribution in [-0.2, 0) is 6.42 Å². The Balaban J connectivity index is 2.09. The third-order valence-electron chi connectivity index (χ3n) is 3.20. The average molecular weight is 223 g/mol. The largest absolute Gasteiger partial charge is 0.294 e. The number of aromatic nitrogens is 1. The molecular weight excluding hydrogens is 210 g/mol. The van der Waals surface area contributed by atoms with Gasteiger partial charge in [0.25, 0.3) is 0 Å². The summed E-state index contributed by atoms with van der Waals surface area (Å²) in [6.45, 7) is 0. The molecule has 0 N–H and O–H groups in total. The summed E-state index contributed by atoms with van der Waals surface area (Å²) >= 11 is 0. The van der Waals surface area contributed by atoms with Gasteiger partial charge >= 0.3 is 0 Å². The van der Waals surface area contributed by atoms with Crippen molar-refractivity contribution in [2.75, 3.05) is 0 Å². The maximum Gasteiger partial charge on any atom is 0.164 e. The molecule has 1 aromatic heterocycles. The smallest absolute Gasteiger partial charge is 0.164 e. The highest BCUT2D eigenvalue weighted by atomic mass is 16.1. The molecular formula is C15H13NO. The maximum atomic E-state index is 11.8. The SMILES string of the molecule is O=C1CCCc2ncc(-c3ccccc3)cc21. The van der Waals surface area contributed by atoms with Gasteiger partial charge in [-0.15, -0.1) is 0 Å². The zero-order chi connectivity index (χ0) is 11.7. The fourth-order valence-corrected chi connectivity index (χ4v) is 2.27. The summed E-state index contributed by atoms with van der Waals surface area (Å²) in [6.07, 6.45) is 4.39. The van der Waals surface area contributed by atoms with Gasteiger partial charge in [0.1, 0.15) is 0 Å². The number of rotatable bonds is 1. The first-order chi connectivity index (χ1) is 8.34. The van der Waals surface area contributed by atoms with Gasteiger partial charge in [-0.05, 0) is 24.5 Å². The second-order valence-corrected chi connectivity index (χ2v) is 4.36. The topological polar surface area (TPSA) is 30.0 Å². The standard InChI is InChI=1S/C15H13NO/c17-15-8-4-7-14-13(15)9-12(10-16-14)11-5-2-1-3-6-11/h1-3,5-6,9-10H,4,7-8H2. The summed E-state index contributed by atoms with van der Waals surface area (Å²) < 4.78 is 0. The number of hydrogen-bond donors (Lipinski definition) is 0. The minimum Gasteiger partial charge on any atom is -0.294 e. The Labute approximate surface area is 100 Å². The van der Waals surface area contributed by atoms with Gasteiger partial charge in [-0.1, -0.05) is 30.3 Å². The lowest BCUT2D eigenvalue weighted by molar-refractivity contribution is 0.0971. The van der Waals surface area contributed by atoms with Gasteiger partial charge in [0, 0.05) is 23.7 Å². The predicted octanol–water partition coefficient (Wildman–Crippen LogP) is 3.27. The number of carbonyl (C=O) groups excluding carboxylic acids is 1. The Morgan fingerprint density at radius 2 is 1.82 bits per heavy atom. The van der Waals surface area contributed by atoms with Crippen molar-refractivity contribution in [1.29, 1.82) is 0 Å². The van der Waals surface area contributed by atoms with Gasteiger partial charge < -0.3 is 0 Å². The number of nitrogens with zero attached hydrogens (tertiary/aromatic N) is 1. The molecule has 0 bridgehead atoms. The third kappa shape index (κ3) is 1.86. The lowest BCUT2D eigenvalue weighted by Gasteiger charge is -2.14. The molecule has 0 fully saturated rings. The van der Waals surface area contributed by atoms with Crippen molar-refractivity contribution >= 4 is 5.78 Å². The molecule has 84 valence electrons. The second kappa shape index (κ2) is 4.13. The highest BCUT2D eigenvalue weighted by molar-refractivity contribution is 5.99. The number of Topliss-reactive ketones (excluding diaryl/α,β-unsaturated/α-hetero) is 1. The lowest BCUT2D eigenvalue weighted by atomic mass is 9.93. The molecule has 1 aliphatic rings. The van der Waals surface area contributed by atoms with Crippen molar-refractivity contribution in [2.45, 2.75) is 19.3 Å². The summed E-state index contributed by atoms with van der Waals surface area (Å²) in [5.74, 6) is 0.233. The Kier molecular flexibility index (Phi) is 2.48. The number of hydrogen-bond acceptors (Lipinski definition) is 2. The monoisotopic (exact) mass is 223 g/mol. The molecule has 0 amide bonds. The molecule has 17 heavy (non-hydrogen) atoms. The van der Waals surface area contributed by atoms with Crippen molar-refractivity contribution in [3.8, 4) is 11.1 Å². The number of aryl methyl sites for hydroxylation is 1. The Bertz CT molecular complexity index is 560. The van der Waals surface area contributed by atoms with Gasteiger partial charge in [0.2, 0.25) is 0 Å². The van der Waals surface area contributed by atoms with Crippen LogP contribution in [0.15, 0.2) is 42.6 Å². The summed E-state index contributed by atoms with van der Waals surface area (Å²) in [5.41, 5.74) is 3.92. The van der Waals surface area contributed by atoms with Crippen molar-refractivity contribution in [2.24, 2.45) is 0 Å². The van der Waals surface area contributed by atoms with E-state index in [1.165, 1.54) is 0 Å². The van der Waals surface area contributed by atoms with Crippen LogP contribution in [0.4, 0.5) is 0 Å². The van der Waals surface area contributed by atoms with E-state index in [2.05, 4.69) is 4.98 Å². The molecule has 0 spiro atoms. The molecule has 1 aliphatic carbocycles. The Morgan fingerprint density at radius 3 is 2.65 bits per heavy atom. The van der Waals surface area contributed by atoms with Crippen molar-refractivity contribution < 1.29 is 4.79 Å². The molecule has 0 unspecified atom stereocenters. The van der Waals surface area contributed by atoms with Crippen LogP contribution in [0.2, 0.25) is 0 Å². The maximum absolute atomic E-state index is 11.8. The highest BCUT2D eigenvalue weighted by Gasteiger charge is 2.18. The molecule has 2 aromatic rings. The molecule has 2 nitrogen and oxygen atoms in total. The summed E-state index contributed by atoms with van der Waals surface area (Å²) in [4.78, 5) is 16.3. The number of pyridine rings is 1. The van der Waals surface area contributed by atoms with Gasteiger partial charge in [-0.2, -0.15) is 0 Å². The van der Waals surface area contributed by atoms with E-state index in [1.807, 2.05) is 42.6 Å². The molecule has 0 saturated carbocycles. The second-order valence-electron chi connectivity index (χ2n) is 4.36. The van der Waals surface area contributed by atoms with Gasteiger partial charge in [0.15, 0.2) is 5.78 Å². The van der Waals surface area contributed by atoms with Gasteiger partial charge in [-0.3, -0.25) is 9.78 Å². The molecule has 1 heterocycles. The quantitative estimate of drug-likeness (QED) is 0.742. The van der Waals surface area contributed by atoms with Crippen LogP contribution in [0.1, 0.15) is 28.9 Å². The third-order valence-corrected chi connectivity index (χ3v) is 3.20. The van der Waals surface area contributed by atoms with Crippen LogP contribution in [0.5, 0.6) is 0 Å². The highest BCUT2D eigenvalue weighted by Crippen LogP contribution is 2.25. The summed E-state index contributed by atoms with van der Waals surface area (Å²) in [6, 6.07) is 12.0. The molecule has 0 radical (unpaired) electrons. The number of benzene rings is 1. The Morgan fingerprint density at radius 1 is 1.00 bits per heavy atom. The van der Waals surface area contributed by atoms with Crippen molar-refractivity contribution in [3.63, 3.8) is 0 Å². The predicted molar refractivity (Wildman–Crippen MR) is 66.9 cm³/mol. The van der Waals surface area contributed by atoms with E-state index in [4.69, 9.17) is 0 Å². The normalized spacial score (nSPS) is 14.5.